The number of primary amides is 1. The van der Waals surface area contributed by atoms with Gasteiger partial charge < -0.3 is 24.5 Å². The number of esters is 1. The molecule has 30 heavy (non-hydrogen) atoms. The molecule has 1 aromatic heterocycles. The van der Waals surface area contributed by atoms with Crippen molar-refractivity contribution in [2.24, 2.45) is 5.73 Å². The van der Waals surface area contributed by atoms with Crippen LogP contribution in [0.25, 0.3) is 0 Å². The molecule has 0 fully saturated rings. The predicted octanol–water partition coefficient (Wildman–Crippen LogP) is 3.33. The molecule has 0 saturated heterocycles. The smallest absolute Gasteiger partial charge is 0.338 e. The third kappa shape index (κ3) is 4.78. The molecule has 2 aromatic carbocycles. The van der Waals surface area contributed by atoms with Crippen molar-refractivity contribution in [1.82, 2.24) is 5.16 Å². The topological polar surface area (TPSA) is 114 Å². The quantitative estimate of drug-likeness (QED) is 0.567. The number of aryl methyl sites for hydroxylation is 2. The summed E-state index contributed by atoms with van der Waals surface area (Å²) in [6.45, 7) is 3.98. The van der Waals surface area contributed by atoms with Gasteiger partial charge in [0.1, 0.15) is 19.0 Å². The zero-order valence-corrected chi connectivity index (χ0v) is 16.9. The highest BCUT2D eigenvalue weighted by molar-refractivity contribution is 5.92. The normalized spacial score (nSPS) is 10.5. The van der Waals surface area contributed by atoms with Gasteiger partial charge in [-0.2, -0.15) is 0 Å². The van der Waals surface area contributed by atoms with Gasteiger partial charge in [0.2, 0.25) is 5.91 Å². The summed E-state index contributed by atoms with van der Waals surface area (Å²) in [5, 5.41) is 3.90. The average molecular weight is 410 g/mol. The van der Waals surface area contributed by atoms with E-state index in [1.807, 2.05) is 13.8 Å². The molecule has 0 radical (unpaired) electrons. The number of ether oxygens (including phenoxy) is 3. The number of hydrogen-bond donors (Lipinski definition) is 1. The number of carbonyl (C=O) groups excluding carboxylic acids is 2. The van der Waals surface area contributed by atoms with E-state index in [1.54, 1.807) is 42.5 Å². The molecule has 3 aromatic rings. The Morgan fingerprint density at radius 2 is 1.70 bits per heavy atom. The molecule has 0 aliphatic heterocycles. The summed E-state index contributed by atoms with van der Waals surface area (Å²) in [7, 11) is 1.49. The molecule has 1 amide bonds. The monoisotopic (exact) mass is 410 g/mol. The maximum Gasteiger partial charge on any atom is 0.338 e. The van der Waals surface area contributed by atoms with Gasteiger partial charge in [-0.25, -0.2) is 4.79 Å². The van der Waals surface area contributed by atoms with E-state index < -0.39 is 11.9 Å². The molecule has 3 rings (SSSR count). The van der Waals surface area contributed by atoms with Gasteiger partial charge in [-0.15, -0.1) is 0 Å². The van der Waals surface area contributed by atoms with Gasteiger partial charge in [-0.3, -0.25) is 4.79 Å². The molecule has 1 heterocycles. The van der Waals surface area contributed by atoms with Crippen molar-refractivity contribution in [3.63, 3.8) is 0 Å². The van der Waals surface area contributed by atoms with E-state index in [4.69, 9.17) is 24.5 Å². The molecule has 0 atom stereocenters. The number of carbonyl (C=O) groups is 2. The van der Waals surface area contributed by atoms with Crippen LogP contribution in [0, 0.1) is 13.8 Å². The van der Waals surface area contributed by atoms with Crippen molar-refractivity contribution in [3.05, 3.63) is 76.2 Å². The number of amides is 1. The van der Waals surface area contributed by atoms with Crippen molar-refractivity contribution >= 4 is 11.9 Å². The molecular weight excluding hydrogens is 388 g/mol. The van der Waals surface area contributed by atoms with E-state index in [2.05, 4.69) is 5.16 Å². The van der Waals surface area contributed by atoms with E-state index in [0.29, 0.717) is 28.4 Å². The first-order valence-corrected chi connectivity index (χ1v) is 9.17. The van der Waals surface area contributed by atoms with E-state index in [1.165, 1.54) is 7.11 Å². The van der Waals surface area contributed by atoms with Crippen molar-refractivity contribution in [1.29, 1.82) is 0 Å². The summed E-state index contributed by atoms with van der Waals surface area (Å²) in [6.07, 6.45) is 0. The molecule has 0 aliphatic carbocycles. The van der Waals surface area contributed by atoms with Crippen LogP contribution in [0.1, 0.15) is 43.3 Å². The first kappa shape index (κ1) is 20.9. The summed E-state index contributed by atoms with van der Waals surface area (Å²) in [6, 6.07) is 11.3. The zero-order chi connectivity index (χ0) is 21.7. The van der Waals surface area contributed by atoms with Gasteiger partial charge in [0.05, 0.1) is 23.9 Å². The molecule has 0 bridgehead atoms. The van der Waals surface area contributed by atoms with E-state index in [0.717, 1.165) is 16.8 Å². The lowest BCUT2D eigenvalue weighted by atomic mass is 10.1. The number of nitrogens with zero attached hydrogens (tertiary/aromatic N) is 1. The molecule has 0 spiro atoms. The Hall–Kier alpha value is -3.81. The Kier molecular flexibility index (Phi) is 6.36. The molecule has 2 N–H and O–H groups in total. The van der Waals surface area contributed by atoms with Crippen LogP contribution in [-0.4, -0.2) is 24.1 Å². The van der Waals surface area contributed by atoms with Crippen LogP contribution < -0.4 is 15.2 Å². The summed E-state index contributed by atoms with van der Waals surface area (Å²) in [4.78, 5) is 23.5. The second-order valence-corrected chi connectivity index (χ2v) is 6.59. The van der Waals surface area contributed by atoms with Crippen molar-refractivity contribution < 1.29 is 28.3 Å². The third-order valence-corrected chi connectivity index (χ3v) is 4.56. The SMILES string of the molecule is COc1cc(C(=O)OCc2ccc(C(N)=O)cc2)ccc1OCc1c(C)noc1C. The minimum absolute atomic E-state index is 0.0600. The summed E-state index contributed by atoms with van der Waals surface area (Å²) >= 11 is 0. The highest BCUT2D eigenvalue weighted by atomic mass is 16.5. The van der Waals surface area contributed by atoms with Crippen LogP contribution in [-0.2, 0) is 18.0 Å². The number of aromatic nitrogens is 1. The molecule has 8 nitrogen and oxygen atoms in total. The average Bonchev–Trinajstić information content (AvgIpc) is 3.07. The van der Waals surface area contributed by atoms with Crippen LogP contribution in [0.3, 0.4) is 0 Å². The largest absolute Gasteiger partial charge is 0.493 e. The Morgan fingerprint density at radius 3 is 2.30 bits per heavy atom. The highest BCUT2D eigenvalue weighted by Gasteiger charge is 2.15. The van der Waals surface area contributed by atoms with Crippen LogP contribution in [0.2, 0.25) is 0 Å². The van der Waals surface area contributed by atoms with Crippen LogP contribution in [0.15, 0.2) is 47.0 Å². The fraction of sp³-hybridized carbons (Fsp3) is 0.227. The maximum atomic E-state index is 12.4. The third-order valence-electron chi connectivity index (χ3n) is 4.56. The number of hydrogen-bond acceptors (Lipinski definition) is 7. The lowest BCUT2D eigenvalue weighted by Crippen LogP contribution is -2.11. The van der Waals surface area contributed by atoms with Crippen LogP contribution in [0.4, 0.5) is 0 Å². The van der Waals surface area contributed by atoms with Crippen molar-refractivity contribution in [2.45, 2.75) is 27.1 Å². The minimum atomic E-state index is -0.512. The summed E-state index contributed by atoms with van der Waals surface area (Å²) < 4.78 is 21.6. The predicted molar refractivity (Wildman–Crippen MR) is 107 cm³/mol. The Bertz CT molecular complexity index is 1040. The number of benzene rings is 2. The number of rotatable bonds is 8. The lowest BCUT2D eigenvalue weighted by molar-refractivity contribution is 0.0472. The van der Waals surface area contributed by atoms with E-state index in [9.17, 15) is 9.59 Å². The summed E-state index contributed by atoms with van der Waals surface area (Å²) in [5.74, 6) is 0.556. The van der Waals surface area contributed by atoms with Gasteiger partial charge in [-0.05, 0) is 49.7 Å². The first-order chi connectivity index (χ1) is 14.4. The first-order valence-electron chi connectivity index (χ1n) is 9.17. The van der Waals surface area contributed by atoms with Crippen molar-refractivity contribution in [3.8, 4) is 11.5 Å². The van der Waals surface area contributed by atoms with Crippen LogP contribution in [0.5, 0.6) is 11.5 Å². The Morgan fingerprint density at radius 1 is 1.00 bits per heavy atom. The summed E-state index contributed by atoms with van der Waals surface area (Å²) in [5.41, 5.74) is 8.29. The minimum Gasteiger partial charge on any atom is -0.493 e. The van der Waals surface area contributed by atoms with Gasteiger partial charge in [-0.1, -0.05) is 17.3 Å². The molecule has 0 aliphatic rings. The molecule has 156 valence electrons. The second kappa shape index (κ2) is 9.13. The van der Waals surface area contributed by atoms with E-state index in [-0.39, 0.29) is 13.2 Å². The van der Waals surface area contributed by atoms with Gasteiger partial charge in [0.25, 0.3) is 0 Å². The second-order valence-electron chi connectivity index (χ2n) is 6.59. The highest BCUT2D eigenvalue weighted by Crippen LogP contribution is 2.30. The Balaban J connectivity index is 1.64. The Labute approximate surface area is 173 Å². The number of nitrogens with two attached hydrogens (primary N) is 1. The molecule has 8 heteroatoms. The number of methoxy groups -OCH3 is 1. The fourth-order valence-corrected chi connectivity index (χ4v) is 2.77. The molecule has 0 unspecified atom stereocenters. The zero-order valence-electron chi connectivity index (χ0n) is 16.9. The van der Waals surface area contributed by atoms with Crippen molar-refractivity contribution in [2.75, 3.05) is 7.11 Å². The van der Waals surface area contributed by atoms with E-state index >= 15 is 0 Å². The van der Waals surface area contributed by atoms with Gasteiger partial charge in [0, 0.05) is 5.56 Å². The maximum absolute atomic E-state index is 12.4. The standard InChI is InChI=1S/C22H22N2O6/c1-13-18(14(2)30-24-13)12-28-19-9-8-17(10-20(19)27-3)22(26)29-11-15-4-6-16(7-5-15)21(23)25/h4-10H,11-12H2,1-3H3,(H2,23,25). The van der Waals surface area contributed by atoms with Gasteiger partial charge in [0.15, 0.2) is 11.5 Å². The van der Waals surface area contributed by atoms with Crippen LogP contribution >= 0.6 is 0 Å². The lowest BCUT2D eigenvalue weighted by Gasteiger charge is -2.12. The van der Waals surface area contributed by atoms with Gasteiger partial charge >= 0.3 is 5.97 Å². The molecule has 0 saturated carbocycles. The fourth-order valence-electron chi connectivity index (χ4n) is 2.77. The molecular formula is C22H22N2O6.